The topological polar surface area (TPSA) is 147 Å². The van der Waals surface area contributed by atoms with Gasteiger partial charge in [0.2, 0.25) is 0 Å². The van der Waals surface area contributed by atoms with E-state index < -0.39 is 43.5 Å². The molecule has 1 saturated carbocycles. The van der Waals surface area contributed by atoms with E-state index >= 15 is 0 Å². The van der Waals surface area contributed by atoms with Gasteiger partial charge >= 0.3 is 19.4 Å². The van der Waals surface area contributed by atoms with Crippen molar-refractivity contribution in [2.45, 2.75) is 64.2 Å². The van der Waals surface area contributed by atoms with Crippen LogP contribution in [0.1, 0.15) is 44.4 Å². The van der Waals surface area contributed by atoms with E-state index in [1.807, 2.05) is 0 Å². The van der Waals surface area contributed by atoms with E-state index in [4.69, 9.17) is 34.9 Å². The van der Waals surface area contributed by atoms with Gasteiger partial charge in [0.05, 0.1) is 6.61 Å². The molecule has 4 rings (SSSR count). The molecule has 1 aromatic carbocycles. The molecule has 0 spiro atoms. The summed E-state index contributed by atoms with van der Waals surface area (Å²) in [6.07, 6.45) is 2.95. The van der Waals surface area contributed by atoms with Crippen LogP contribution in [0.15, 0.2) is 40.1 Å². The summed E-state index contributed by atoms with van der Waals surface area (Å²) in [5.41, 5.74) is -0.822. The molecule has 2 aromatic rings. The van der Waals surface area contributed by atoms with Gasteiger partial charge in [-0.3, -0.25) is 23.7 Å². The Hall–Kier alpha value is -2.47. The highest BCUT2D eigenvalue weighted by Gasteiger charge is 2.36. The lowest BCUT2D eigenvalue weighted by Crippen LogP contribution is -2.37. The molecule has 2 fully saturated rings. The first-order valence-electron chi connectivity index (χ1n) is 11.9. The van der Waals surface area contributed by atoms with Crippen molar-refractivity contribution in [2.24, 2.45) is 0 Å². The SMILES string of the molecule is Cc1cn([C@H]2CO[C@@H](COP(=O)(N[C@@H](C)C(=O)OC3CCCC3)Oc3ccc(Cl)cc3)O2)c(=O)[nH]c1=O. The van der Waals surface area contributed by atoms with Gasteiger partial charge in [-0.15, -0.1) is 0 Å². The molecule has 1 saturated heterocycles. The zero-order valence-corrected chi connectivity index (χ0v) is 22.0. The van der Waals surface area contributed by atoms with E-state index in [-0.39, 0.29) is 25.1 Å². The fourth-order valence-corrected chi connectivity index (χ4v) is 5.53. The lowest BCUT2D eigenvalue weighted by Gasteiger charge is -2.24. The second kappa shape index (κ2) is 11.9. The van der Waals surface area contributed by atoms with Crippen molar-refractivity contribution < 1.29 is 32.6 Å². The monoisotopic (exact) mass is 557 g/mol. The Bertz CT molecular complexity index is 1260. The number of carbonyl (C=O) groups excluding carboxylic acids is 1. The lowest BCUT2D eigenvalue weighted by atomic mass is 10.3. The molecule has 0 bridgehead atoms. The van der Waals surface area contributed by atoms with Gasteiger partial charge in [0.25, 0.3) is 5.56 Å². The highest BCUT2D eigenvalue weighted by atomic mass is 35.5. The highest BCUT2D eigenvalue weighted by Crippen LogP contribution is 2.45. The number of aromatic amines is 1. The zero-order valence-electron chi connectivity index (χ0n) is 20.4. The Morgan fingerprint density at radius 3 is 2.68 bits per heavy atom. The number of H-pyrrole nitrogens is 1. The van der Waals surface area contributed by atoms with Crippen LogP contribution in [-0.4, -0.2) is 47.2 Å². The number of benzene rings is 1. The van der Waals surface area contributed by atoms with Crippen LogP contribution in [0.2, 0.25) is 5.02 Å². The van der Waals surface area contributed by atoms with Gasteiger partial charge < -0.3 is 18.7 Å². The molecular formula is C23H29ClN3O9P. The number of hydrogen-bond donors (Lipinski definition) is 2. The van der Waals surface area contributed by atoms with Crippen molar-refractivity contribution in [1.82, 2.24) is 14.6 Å². The van der Waals surface area contributed by atoms with Crippen LogP contribution in [-0.2, 0) is 28.1 Å². The van der Waals surface area contributed by atoms with Gasteiger partial charge in [-0.1, -0.05) is 11.6 Å². The van der Waals surface area contributed by atoms with E-state index in [0.717, 1.165) is 25.7 Å². The molecule has 2 heterocycles. The first kappa shape index (κ1) is 27.6. The summed E-state index contributed by atoms with van der Waals surface area (Å²) in [4.78, 5) is 38.6. The minimum atomic E-state index is -4.15. The number of halogens is 1. The molecule has 12 nitrogen and oxygen atoms in total. The number of ether oxygens (including phenoxy) is 3. The second-order valence-corrected chi connectivity index (χ2v) is 11.0. The molecule has 37 heavy (non-hydrogen) atoms. The predicted octanol–water partition coefficient (Wildman–Crippen LogP) is 3.04. The summed E-state index contributed by atoms with van der Waals surface area (Å²) in [5.74, 6) is -0.380. The zero-order chi connectivity index (χ0) is 26.6. The molecule has 1 aliphatic carbocycles. The summed E-state index contributed by atoms with van der Waals surface area (Å²) in [6.45, 7) is 2.69. The van der Waals surface area contributed by atoms with Gasteiger partial charge in [-0.05, 0) is 63.8 Å². The van der Waals surface area contributed by atoms with Crippen LogP contribution in [0.3, 0.4) is 0 Å². The average Bonchev–Trinajstić information content (AvgIpc) is 3.54. The maximum absolute atomic E-state index is 13.7. The van der Waals surface area contributed by atoms with Crippen LogP contribution in [0, 0.1) is 6.92 Å². The van der Waals surface area contributed by atoms with E-state index in [0.29, 0.717) is 10.6 Å². The maximum Gasteiger partial charge on any atom is 0.459 e. The Labute approximate surface area is 217 Å². The van der Waals surface area contributed by atoms with Gasteiger partial charge in [0, 0.05) is 16.8 Å². The summed E-state index contributed by atoms with van der Waals surface area (Å²) < 4.78 is 42.8. The third-order valence-electron chi connectivity index (χ3n) is 5.90. The molecule has 4 atom stereocenters. The van der Waals surface area contributed by atoms with Crippen molar-refractivity contribution >= 4 is 25.3 Å². The smallest absolute Gasteiger partial charge is 0.459 e. The van der Waals surface area contributed by atoms with Crippen molar-refractivity contribution in [3.8, 4) is 5.75 Å². The average molecular weight is 558 g/mol. The number of aromatic nitrogens is 2. The molecule has 1 unspecified atom stereocenters. The molecule has 2 aliphatic rings. The first-order valence-corrected chi connectivity index (χ1v) is 13.8. The minimum Gasteiger partial charge on any atom is -0.461 e. The Kier molecular flexibility index (Phi) is 8.89. The Morgan fingerprint density at radius 2 is 1.97 bits per heavy atom. The number of esters is 1. The van der Waals surface area contributed by atoms with E-state index in [2.05, 4.69) is 10.1 Å². The van der Waals surface area contributed by atoms with Crippen LogP contribution >= 0.6 is 19.3 Å². The number of nitrogens with one attached hydrogen (secondary N) is 2. The number of carbonyl (C=O) groups is 1. The van der Waals surface area contributed by atoms with E-state index in [9.17, 15) is 18.9 Å². The van der Waals surface area contributed by atoms with Gasteiger partial charge in [-0.2, -0.15) is 5.09 Å². The third-order valence-corrected chi connectivity index (χ3v) is 7.80. The first-order chi connectivity index (χ1) is 17.6. The molecule has 2 N–H and O–H groups in total. The summed E-state index contributed by atoms with van der Waals surface area (Å²) in [5, 5.41) is 3.07. The second-order valence-electron chi connectivity index (χ2n) is 8.86. The van der Waals surface area contributed by atoms with Gasteiger partial charge in [-0.25, -0.2) is 9.36 Å². The standard InChI is InChI=1S/C23H29ClN3O9P/c1-14-11-27(23(30)25-21(14)28)19-12-32-20(35-19)13-33-37(31,36-18-9-7-16(24)8-10-18)26-15(2)22(29)34-17-5-3-4-6-17/h7-11,15,17,19-20H,3-6,12-13H2,1-2H3,(H,26,31)(H,25,28,30)/t15-,19+,20+,37?/m0/s1. The highest BCUT2D eigenvalue weighted by molar-refractivity contribution is 7.52. The molecule has 1 aromatic heterocycles. The fraction of sp³-hybridized carbons (Fsp3) is 0.522. The summed E-state index contributed by atoms with van der Waals surface area (Å²) >= 11 is 5.92. The lowest BCUT2D eigenvalue weighted by molar-refractivity contribution is -0.150. The molecule has 1 aliphatic heterocycles. The van der Waals surface area contributed by atoms with Gasteiger partial charge in [0.1, 0.15) is 24.5 Å². The molecule has 0 amide bonds. The fourth-order valence-electron chi connectivity index (χ4n) is 3.92. The van der Waals surface area contributed by atoms with Crippen molar-refractivity contribution in [3.05, 3.63) is 61.9 Å². The summed E-state index contributed by atoms with van der Waals surface area (Å²) in [7, 11) is -4.15. The van der Waals surface area contributed by atoms with Crippen LogP contribution in [0.5, 0.6) is 5.75 Å². The molecule has 14 heteroatoms. The minimum absolute atomic E-state index is 0.0146. The number of rotatable bonds is 10. The van der Waals surface area contributed by atoms with Crippen LogP contribution in [0.4, 0.5) is 0 Å². The number of nitrogens with zero attached hydrogens (tertiary/aromatic N) is 1. The molecule has 202 valence electrons. The van der Waals surface area contributed by atoms with Crippen molar-refractivity contribution in [3.63, 3.8) is 0 Å². The largest absolute Gasteiger partial charge is 0.461 e. The van der Waals surface area contributed by atoms with Gasteiger partial charge in [0.15, 0.2) is 12.5 Å². The van der Waals surface area contributed by atoms with E-state index in [1.165, 1.54) is 29.8 Å². The number of hydrogen-bond acceptors (Lipinski definition) is 9. The maximum atomic E-state index is 13.7. The van der Waals surface area contributed by atoms with Crippen molar-refractivity contribution in [1.29, 1.82) is 0 Å². The van der Waals surface area contributed by atoms with E-state index in [1.54, 1.807) is 19.1 Å². The molecular weight excluding hydrogens is 529 g/mol. The van der Waals surface area contributed by atoms with Crippen LogP contribution < -0.4 is 20.9 Å². The van der Waals surface area contributed by atoms with Crippen molar-refractivity contribution in [2.75, 3.05) is 13.2 Å². The summed E-state index contributed by atoms with van der Waals surface area (Å²) in [6, 6.07) is 5.11. The van der Waals surface area contributed by atoms with Crippen LogP contribution in [0.25, 0.3) is 0 Å². The number of aryl methyl sites for hydroxylation is 1. The third kappa shape index (κ3) is 7.31. The quantitative estimate of drug-likeness (QED) is 0.330. The predicted molar refractivity (Wildman–Crippen MR) is 133 cm³/mol. The molecule has 0 radical (unpaired) electrons. The Morgan fingerprint density at radius 1 is 1.27 bits per heavy atom. The Balaban J connectivity index is 1.42. The normalized spacial score (nSPS) is 22.5.